The molecule has 1 aliphatic heterocycles. The fourth-order valence-corrected chi connectivity index (χ4v) is 4.51. The maximum atomic E-state index is 2.26. The molecule has 0 amide bonds. The Kier molecular flexibility index (Phi) is 3.11. The van der Waals surface area contributed by atoms with E-state index in [0.29, 0.717) is 0 Å². The molecule has 1 aliphatic rings. The monoisotopic (exact) mass is 245 g/mol. The van der Waals surface area contributed by atoms with Crippen LogP contribution in [-0.2, 0) is 0 Å². The number of hydrogen-bond donors (Lipinski definition) is 0. The molecular formula is C14H13S2. The van der Waals surface area contributed by atoms with Gasteiger partial charge in [-0.25, -0.2) is 0 Å². The molecular weight excluding hydrogens is 232 g/mol. The molecule has 0 N–H and O–H groups in total. The molecule has 0 unspecified atom stereocenters. The van der Waals surface area contributed by atoms with E-state index in [2.05, 4.69) is 42.5 Å². The Bertz CT molecular complexity index is 482. The van der Waals surface area contributed by atoms with Crippen molar-refractivity contribution in [1.29, 1.82) is 0 Å². The Balaban J connectivity index is 2.08. The molecule has 3 rings (SSSR count). The Morgan fingerprint density at radius 2 is 1.75 bits per heavy atom. The summed E-state index contributed by atoms with van der Waals surface area (Å²) in [6, 6.07) is 15.3. The summed E-state index contributed by atoms with van der Waals surface area (Å²) in [5.74, 6) is 3.72. The van der Waals surface area contributed by atoms with Crippen LogP contribution in [0, 0.1) is 5.25 Å². The van der Waals surface area contributed by atoms with Crippen molar-refractivity contribution in [3.05, 3.63) is 53.3 Å². The van der Waals surface area contributed by atoms with E-state index in [1.165, 1.54) is 33.6 Å². The third-order valence-corrected chi connectivity index (χ3v) is 5.37. The standard InChI is InChI=1S/C14H13S2/c1-2-6-12-11(4-1)5-3-7-13(12)14-10-15-8-9-16-14/h1-7H,8-10H2. The van der Waals surface area contributed by atoms with E-state index in [4.69, 9.17) is 0 Å². The van der Waals surface area contributed by atoms with Gasteiger partial charge in [-0.3, -0.25) is 0 Å². The highest BCUT2D eigenvalue weighted by atomic mass is 32.2. The molecule has 0 aliphatic carbocycles. The summed E-state index contributed by atoms with van der Waals surface area (Å²) in [6.07, 6.45) is 0. The van der Waals surface area contributed by atoms with E-state index >= 15 is 0 Å². The zero-order valence-electron chi connectivity index (χ0n) is 8.98. The number of benzene rings is 2. The van der Waals surface area contributed by atoms with E-state index in [9.17, 15) is 0 Å². The minimum Gasteiger partial charge on any atom is -0.159 e. The third kappa shape index (κ3) is 1.96. The second-order valence-electron chi connectivity index (χ2n) is 3.85. The molecule has 0 aromatic heterocycles. The highest BCUT2D eigenvalue weighted by molar-refractivity contribution is 8.08. The Morgan fingerprint density at radius 3 is 2.62 bits per heavy atom. The van der Waals surface area contributed by atoms with E-state index < -0.39 is 0 Å². The number of thioether (sulfide) groups is 2. The Morgan fingerprint density at radius 1 is 0.875 bits per heavy atom. The van der Waals surface area contributed by atoms with E-state index in [1.54, 1.807) is 5.25 Å². The van der Waals surface area contributed by atoms with Crippen LogP contribution < -0.4 is 0 Å². The molecule has 1 saturated heterocycles. The zero-order valence-corrected chi connectivity index (χ0v) is 10.6. The first-order valence-electron chi connectivity index (χ1n) is 5.50. The van der Waals surface area contributed by atoms with Crippen molar-refractivity contribution in [3.8, 4) is 0 Å². The Hall–Kier alpha value is -0.600. The minimum atomic E-state index is 1.18. The smallest absolute Gasteiger partial charge is 0.0700 e. The first kappa shape index (κ1) is 10.5. The lowest BCUT2D eigenvalue weighted by Crippen LogP contribution is -2.07. The first-order chi connectivity index (χ1) is 7.95. The molecule has 0 atom stereocenters. The number of hydrogen-bond acceptors (Lipinski definition) is 2. The first-order valence-corrected chi connectivity index (χ1v) is 7.64. The Labute approximate surface area is 105 Å². The predicted molar refractivity (Wildman–Crippen MR) is 76.1 cm³/mol. The van der Waals surface area contributed by atoms with Gasteiger partial charge in [-0.1, -0.05) is 42.5 Å². The van der Waals surface area contributed by atoms with Crippen LogP contribution in [0.2, 0.25) is 0 Å². The molecule has 2 aromatic carbocycles. The molecule has 0 bridgehead atoms. The van der Waals surface area contributed by atoms with Gasteiger partial charge in [0.05, 0.1) is 5.25 Å². The summed E-state index contributed by atoms with van der Waals surface area (Å²) < 4.78 is 0. The topological polar surface area (TPSA) is 0 Å². The molecule has 81 valence electrons. The molecule has 2 heteroatoms. The van der Waals surface area contributed by atoms with E-state index in [1.807, 2.05) is 23.5 Å². The maximum absolute atomic E-state index is 2.26. The molecule has 1 heterocycles. The number of fused-ring (bicyclic) bond motifs is 1. The minimum absolute atomic E-state index is 1.18. The van der Waals surface area contributed by atoms with Crippen LogP contribution in [0.1, 0.15) is 5.56 Å². The van der Waals surface area contributed by atoms with Crippen LogP contribution in [0.3, 0.4) is 0 Å². The second-order valence-corrected chi connectivity index (χ2v) is 6.15. The van der Waals surface area contributed by atoms with Gasteiger partial charge in [-0.15, -0.1) is 11.8 Å². The van der Waals surface area contributed by atoms with Gasteiger partial charge >= 0.3 is 0 Å². The van der Waals surface area contributed by atoms with Gasteiger partial charge in [0.25, 0.3) is 0 Å². The SMILES string of the molecule is c1ccc2c([C]3CSCCS3)cccc2c1. The molecule has 1 fully saturated rings. The summed E-state index contributed by atoms with van der Waals surface area (Å²) in [7, 11) is 0. The largest absolute Gasteiger partial charge is 0.159 e. The van der Waals surface area contributed by atoms with Crippen LogP contribution in [0.15, 0.2) is 42.5 Å². The van der Waals surface area contributed by atoms with Crippen LogP contribution in [-0.4, -0.2) is 17.3 Å². The van der Waals surface area contributed by atoms with Crippen molar-refractivity contribution in [2.45, 2.75) is 0 Å². The van der Waals surface area contributed by atoms with Crippen molar-refractivity contribution in [3.63, 3.8) is 0 Å². The summed E-state index contributed by atoms with van der Waals surface area (Å²) in [5.41, 5.74) is 1.44. The van der Waals surface area contributed by atoms with Crippen LogP contribution in [0.5, 0.6) is 0 Å². The molecule has 0 nitrogen and oxygen atoms in total. The average Bonchev–Trinajstić information content (AvgIpc) is 2.39. The molecule has 2 aromatic rings. The van der Waals surface area contributed by atoms with Gasteiger partial charge in [0, 0.05) is 17.3 Å². The lowest BCUT2D eigenvalue weighted by molar-refractivity contribution is 1.36. The van der Waals surface area contributed by atoms with E-state index in [0.717, 1.165) is 0 Å². The van der Waals surface area contributed by atoms with Crippen molar-refractivity contribution in [2.24, 2.45) is 0 Å². The van der Waals surface area contributed by atoms with Crippen molar-refractivity contribution < 1.29 is 0 Å². The van der Waals surface area contributed by atoms with Gasteiger partial charge < -0.3 is 0 Å². The summed E-state index contributed by atoms with van der Waals surface area (Å²) in [4.78, 5) is 0. The average molecular weight is 245 g/mol. The van der Waals surface area contributed by atoms with Crippen LogP contribution in [0.25, 0.3) is 10.8 Å². The van der Waals surface area contributed by atoms with Crippen molar-refractivity contribution in [1.82, 2.24) is 0 Å². The fourth-order valence-electron chi connectivity index (χ4n) is 2.05. The summed E-state index contributed by atoms with van der Waals surface area (Å²) in [6.45, 7) is 0. The third-order valence-electron chi connectivity index (χ3n) is 2.83. The highest BCUT2D eigenvalue weighted by Crippen LogP contribution is 2.38. The molecule has 0 saturated carbocycles. The lowest BCUT2D eigenvalue weighted by atomic mass is 10.0. The van der Waals surface area contributed by atoms with Gasteiger partial charge in [0.15, 0.2) is 0 Å². The van der Waals surface area contributed by atoms with Gasteiger partial charge in [-0.05, 0) is 16.3 Å². The zero-order chi connectivity index (χ0) is 10.8. The predicted octanol–water partition coefficient (Wildman–Crippen LogP) is 4.20. The normalized spacial score (nSPS) is 17.8. The van der Waals surface area contributed by atoms with Crippen LogP contribution >= 0.6 is 23.5 Å². The van der Waals surface area contributed by atoms with Gasteiger partial charge in [0.1, 0.15) is 0 Å². The lowest BCUT2D eigenvalue weighted by Gasteiger charge is -2.21. The quantitative estimate of drug-likeness (QED) is 0.738. The molecule has 1 radical (unpaired) electrons. The second kappa shape index (κ2) is 4.72. The maximum Gasteiger partial charge on any atom is 0.0700 e. The highest BCUT2D eigenvalue weighted by Gasteiger charge is 2.18. The summed E-state index contributed by atoms with van der Waals surface area (Å²) in [5, 5.41) is 4.30. The number of rotatable bonds is 1. The van der Waals surface area contributed by atoms with Crippen molar-refractivity contribution in [2.75, 3.05) is 17.3 Å². The van der Waals surface area contributed by atoms with Gasteiger partial charge in [0.2, 0.25) is 0 Å². The van der Waals surface area contributed by atoms with Crippen LogP contribution in [0.4, 0.5) is 0 Å². The van der Waals surface area contributed by atoms with Gasteiger partial charge in [-0.2, -0.15) is 11.8 Å². The summed E-state index contributed by atoms with van der Waals surface area (Å²) >= 11 is 4.08. The molecule has 16 heavy (non-hydrogen) atoms. The van der Waals surface area contributed by atoms with Crippen molar-refractivity contribution >= 4 is 34.3 Å². The fraction of sp³-hybridized carbons (Fsp3) is 0.214. The van der Waals surface area contributed by atoms with E-state index in [-0.39, 0.29) is 0 Å². The molecule has 0 spiro atoms.